The molecule has 0 aromatic carbocycles. The number of carboxylic acids is 1. The fraction of sp³-hybridized carbons (Fsp3) is 0.818. The van der Waals surface area contributed by atoms with Gasteiger partial charge in [-0.15, -0.1) is 0 Å². The maximum absolute atomic E-state index is 11.8. The smallest absolute Gasteiger partial charge is 0.331 e. The van der Waals surface area contributed by atoms with E-state index in [9.17, 15) is 23.1 Å². The van der Waals surface area contributed by atoms with Crippen molar-refractivity contribution < 1.29 is 23.1 Å². The topological polar surface area (TPSA) is 91.8 Å². The molecule has 7 heteroatoms. The van der Waals surface area contributed by atoms with E-state index >= 15 is 0 Å². The lowest BCUT2D eigenvalue weighted by Gasteiger charge is -2.41. The van der Waals surface area contributed by atoms with Gasteiger partial charge in [0.25, 0.3) is 0 Å². The largest absolute Gasteiger partial charge is 0.479 e. The van der Waals surface area contributed by atoms with Crippen LogP contribution in [0.1, 0.15) is 33.1 Å². The maximum atomic E-state index is 11.8. The second kappa shape index (κ2) is 4.87. The molecule has 1 saturated carbocycles. The first kappa shape index (κ1) is 14.9. The Morgan fingerprint density at radius 2 is 2.06 bits per heavy atom. The van der Waals surface area contributed by atoms with E-state index in [0.717, 1.165) is 11.2 Å². The Kier molecular flexibility index (Phi) is 4.05. The van der Waals surface area contributed by atoms with Crippen LogP contribution in [0.2, 0.25) is 0 Å². The first-order chi connectivity index (χ1) is 8.17. The SMILES string of the molecule is CC(C)N(C=O)C1(C(=O)O)CCCC1S(C)(=O)=O. The molecule has 1 amide bonds. The normalized spacial score (nSPS) is 28.3. The second-order valence-electron chi connectivity index (χ2n) is 5.05. The zero-order valence-corrected chi connectivity index (χ0v) is 11.6. The van der Waals surface area contributed by atoms with Crippen LogP contribution in [-0.2, 0) is 19.4 Å². The summed E-state index contributed by atoms with van der Waals surface area (Å²) in [5, 5.41) is 8.45. The molecule has 2 unspecified atom stereocenters. The van der Waals surface area contributed by atoms with Gasteiger partial charge in [-0.25, -0.2) is 13.2 Å². The first-order valence-electron chi connectivity index (χ1n) is 5.84. The molecule has 1 fully saturated rings. The standard InChI is InChI=1S/C11H19NO5S/c1-8(2)12(7-13)11(10(14)15)6-4-5-9(11)18(3,16)17/h7-9H,4-6H2,1-3H3,(H,14,15). The fourth-order valence-electron chi connectivity index (χ4n) is 2.85. The number of rotatable bonds is 5. The molecule has 2 atom stereocenters. The Labute approximate surface area is 107 Å². The molecule has 0 spiro atoms. The van der Waals surface area contributed by atoms with Crippen molar-refractivity contribution >= 4 is 22.2 Å². The molecule has 6 nitrogen and oxygen atoms in total. The summed E-state index contributed by atoms with van der Waals surface area (Å²) in [6, 6.07) is -0.360. The molecule has 0 saturated heterocycles. The molecule has 1 aliphatic carbocycles. The van der Waals surface area contributed by atoms with Crippen LogP contribution < -0.4 is 0 Å². The molecule has 18 heavy (non-hydrogen) atoms. The highest BCUT2D eigenvalue weighted by atomic mass is 32.2. The second-order valence-corrected chi connectivity index (χ2v) is 7.27. The lowest BCUT2D eigenvalue weighted by molar-refractivity contribution is -0.156. The summed E-state index contributed by atoms with van der Waals surface area (Å²) in [5.74, 6) is -1.24. The number of carbonyl (C=O) groups is 2. The van der Waals surface area contributed by atoms with Crippen LogP contribution in [0.4, 0.5) is 0 Å². The van der Waals surface area contributed by atoms with Gasteiger partial charge in [-0.3, -0.25) is 4.79 Å². The van der Waals surface area contributed by atoms with Gasteiger partial charge in [0.05, 0.1) is 5.25 Å². The number of aliphatic carboxylic acids is 1. The highest BCUT2D eigenvalue weighted by Gasteiger charge is 2.58. The molecular formula is C11H19NO5S. The van der Waals surface area contributed by atoms with Gasteiger partial charge in [-0.05, 0) is 33.1 Å². The Hall–Kier alpha value is -1.11. The summed E-state index contributed by atoms with van der Waals surface area (Å²) in [7, 11) is -3.53. The van der Waals surface area contributed by atoms with Gasteiger partial charge >= 0.3 is 5.97 Å². The van der Waals surface area contributed by atoms with E-state index in [0.29, 0.717) is 12.8 Å². The lowest BCUT2D eigenvalue weighted by Crippen LogP contribution is -2.62. The number of sulfone groups is 1. The minimum atomic E-state index is -3.53. The molecule has 0 aromatic heterocycles. The number of carbonyl (C=O) groups excluding carboxylic acids is 1. The van der Waals surface area contributed by atoms with Crippen LogP contribution in [0.5, 0.6) is 0 Å². The molecule has 1 rings (SSSR count). The molecule has 0 aromatic rings. The molecule has 0 radical (unpaired) electrons. The van der Waals surface area contributed by atoms with Crippen molar-refractivity contribution in [3.05, 3.63) is 0 Å². The van der Waals surface area contributed by atoms with Gasteiger partial charge in [-0.1, -0.05) is 0 Å². The lowest BCUT2D eigenvalue weighted by atomic mass is 9.93. The van der Waals surface area contributed by atoms with E-state index in [1.54, 1.807) is 13.8 Å². The number of nitrogens with zero attached hydrogens (tertiary/aromatic N) is 1. The van der Waals surface area contributed by atoms with Crippen molar-refractivity contribution in [2.45, 2.75) is 49.9 Å². The fourth-order valence-corrected chi connectivity index (χ4v) is 4.50. The minimum absolute atomic E-state index is 0.178. The van der Waals surface area contributed by atoms with Crippen molar-refractivity contribution in [3.63, 3.8) is 0 Å². The average Bonchev–Trinajstić information content (AvgIpc) is 2.63. The van der Waals surface area contributed by atoms with E-state index in [4.69, 9.17) is 0 Å². The van der Waals surface area contributed by atoms with E-state index in [2.05, 4.69) is 0 Å². The van der Waals surface area contributed by atoms with Crippen molar-refractivity contribution in [2.75, 3.05) is 6.26 Å². The molecule has 0 heterocycles. The van der Waals surface area contributed by atoms with E-state index in [1.807, 2.05) is 0 Å². The third kappa shape index (κ3) is 2.23. The van der Waals surface area contributed by atoms with Crippen LogP contribution in [0, 0.1) is 0 Å². The quantitative estimate of drug-likeness (QED) is 0.728. The van der Waals surface area contributed by atoms with Crippen molar-refractivity contribution in [2.24, 2.45) is 0 Å². The van der Waals surface area contributed by atoms with Crippen molar-refractivity contribution in [3.8, 4) is 0 Å². The van der Waals surface area contributed by atoms with Crippen LogP contribution >= 0.6 is 0 Å². The van der Waals surface area contributed by atoms with Crippen molar-refractivity contribution in [1.29, 1.82) is 0 Å². The predicted octanol–water partition coefficient (Wildman–Crippen LogP) is 0.274. The molecule has 104 valence electrons. The van der Waals surface area contributed by atoms with Gasteiger partial charge < -0.3 is 10.0 Å². The van der Waals surface area contributed by atoms with E-state index in [-0.39, 0.29) is 18.9 Å². The summed E-state index contributed by atoms with van der Waals surface area (Å²) in [5.41, 5.74) is -1.62. The molecule has 0 bridgehead atoms. The zero-order chi connectivity index (χ0) is 14.1. The predicted molar refractivity (Wildman–Crippen MR) is 65.9 cm³/mol. The van der Waals surface area contributed by atoms with Gasteiger partial charge in [-0.2, -0.15) is 0 Å². The van der Waals surface area contributed by atoms with Gasteiger partial charge in [0.1, 0.15) is 0 Å². The molecule has 0 aliphatic heterocycles. The number of hydrogen-bond donors (Lipinski definition) is 1. The first-order valence-corrected chi connectivity index (χ1v) is 7.79. The Balaban J connectivity index is 3.39. The molecule has 1 N–H and O–H groups in total. The van der Waals surface area contributed by atoms with Crippen molar-refractivity contribution in [1.82, 2.24) is 4.90 Å². The summed E-state index contributed by atoms with van der Waals surface area (Å²) in [4.78, 5) is 23.9. The van der Waals surface area contributed by atoms with Gasteiger partial charge in [0.2, 0.25) is 6.41 Å². The monoisotopic (exact) mass is 277 g/mol. The molecule has 1 aliphatic rings. The number of carboxylic acid groups (broad SMARTS) is 1. The molecular weight excluding hydrogens is 258 g/mol. The Bertz CT molecular complexity index is 444. The Morgan fingerprint density at radius 1 is 1.50 bits per heavy atom. The average molecular weight is 277 g/mol. The Morgan fingerprint density at radius 3 is 2.39 bits per heavy atom. The summed E-state index contributed by atoms with van der Waals surface area (Å²) >= 11 is 0. The van der Waals surface area contributed by atoms with E-state index in [1.165, 1.54) is 0 Å². The van der Waals surface area contributed by atoms with E-state index < -0.39 is 26.6 Å². The number of hydrogen-bond acceptors (Lipinski definition) is 4. The maximum Gasteiger partial charge on any atom is 0.331 e. The highest BCUT2D eigenvalue weighted by molar-refractivity contribution is 7.91. The van der Waals surface area contributed by atoms with Crippen LogP contribution in [0.25, 0.3) is 0 Å². The third-order valence-electron chi connectivity index (χ3n) is 3.57. The zero-order valence-electron chi connectivity index (χ0n) is 10.8. The van der Waals surface area contributed by atoms with Crippen LogP contribution in [-0.4, -0.2) is 53.9 Å². The summed E-state index contributed by atoms with van der Waals surface area (Å²) in [6.07, 6.45) is 2.42. The highest BCUT2D eigenvalue weighted by Crippen LogP contribution is 2.40. The third-order valence-corrected chi connectivity index (χ3v) is 5.23. The van der Waals surface area contributed by atoms with Crippen LogP contribution in [0.15, 0.2) is 0 Å². The summed E-state index contributed by atoms with van der Waals surface area (Å²) < 4.78 is 23.6. The van der Waals surface area contributed by atoms with Gasteiger partial charge in [0, 0.05) is 12.3 Å². The number of amides is 1. The summed E-state index contributed by atoms with van der Waals surface area (Å²) in [6.45, 7) is 3.35. The van der Waals surface area contributed by atoms with Crippen LogP contribution in [0.3, 0.4) is 0 Å². The minimum Gasteiger partial charge on any atom is -0.479 e. The van der Waals surface area contributed by atoms with Gasteiger partial charge in [0.15, 0.2) is 15.4 Å².